The van der Waals surface area contributed by atoms with Gasteiger partial charge in [-0.3, -0.25) is 0 Å². The molecule has 3 heteroatoms. The van der Waals surface area contributed by atoms with Crippen LogP contribution in [-0.4, -0.2) is 16.7 Å². The summed E-state index contributed by atoms with van der Waals surface area (Å²) in [5.74, 6) is 0.922. The van der Waals surface area contributed by atoms with E-state index in [0.29, 0.717) is 0 Å². The highest BCUT2D eigenvalue weighted by molar-refractivity contribution is 5.59. The number of ether oxygens (including phenoxy) is 1. The normalized spacial score (nSPS) is 10.7. The van der Waals surface area contributed by atoms with Crippen molar-refractivity contribution in [2.24, 2.45) is 0 Å². The van der Waals surface area contributed by atoms with Crippen molar-refractivity contribution in [3.8, 4) is 5.75 Å². The summed E-state index contributed by atoms with van der Waals surface area (Å²) in [6.07, 6.45) is 1.80. The van der Waals surface area contributed by atoms with Crippen LogP contribution in [-0.2, 0) is 0 Å². The van der Waals surface area contributed by atoms with E-state index in [-0.39, 0.29) is 0 Å². The third-order valence-electron chi connectivity index (χ3n) is 2.29. The van der Waals surface area contributed by atoms with Crippen molar-refractivity contribution in [3.63, 3.8) is 0 Å². The topological polar surface area (TPSA) is 26.5 Å². The molecule has 0 radical (unpaired) electrons. The van der Waals surface area contributed by atoms with Crippen LogP contribution < -0.4 is 4.74 Å². The zero-order valence-corrected chi connectivity index (χ0v) is 8.03. The van der Waals surface area contributed by atoms with Gasteiger partial charge in [0, 0.05) is 17.3 Å². The molecule has 0 saturated heterocycles. The molecule has 2 heterocycles. The first-order valence-corrected chi connectivity index (χ1v) is 4.22. The van der Waals surface area contributed by atoms with Crippen LogP contribution in [0, 0.1) is 13.8 Å². The Bertz CT molecular complexity index is 445. The Hall–Kier alpha value is -1.51. The van der Waals surface area contributed by atoms with E-state index in [9.17, 15) is 0 Å². The minimum absolute atomic E-state index is 0.922. The standard InChI is InChI=1S/C10H12N2O/c1-7-6-10(13-3)8(2)9-4-5-11-12(7)9/h4-6H,1-3H3. The molecule has 0 aromatic carbocycles. The van der Waals surface area contributed by atoms with Crippen molar-refractivity contribution < 1.29 is 4.74 Å². The summed E-state index contributed by atoms with van der Waals surface area (Å²) in [7, 11) is 1.69. The maximum atomic E-state index is 5.26. The minimum atomic E-state index is 0.922. The molecule has 0 aliphatic heterocycles. The van der Waals surface area contributed by atoms with Crippen molar-refractivity contribution in [1.29, 1.82) is 0 Å². The maximum absolute atomic E-state index is 5.26. The number of rotatable bonds is 1. The van der Waals surface area contributed by atoms with Gasteiger partial charge in [0.25, 0.3) is 0 Å². The lowest BCUT2D eigenvalue weighted by Crippen LogP contribution is -1.97. The van der Waals surface area contributed by atoms with Crippen LogP contribution in [0.5, 0.6) is 5.75 Å². The molecule has 0 N–H and O–H groups in total. The van der Waals surface area contributed by atoms with Crippen LogP contribution in [0.25, 0.3) is 5.52 Å². The fraction of sp³-hybridized carbons (Fsp3) is 0.300. The summed E-state index contributed by atoms with van der Waals surface area (Å²) in [4.78, 5) is 0. The lowest BCUT2D eigenvalue weighted by Gasteiger charge is -2.08. The highest BCUT2D eigenvalue weighted by Crippen LogP contribution is 2.23. The van der Waals surface area contributed by atoms with Gasteiger partial charge in [0.05, 0.1) is 18.8 Å². The van der Waals surface area contributed by atoms with Crippen molar-refractivity contribution in [2.75, 3.05) is 7.11 Å². The van der Waals surface area contributed by atoms with Gasteiger partial charge in [-0.15, -0.1) is 0 Å². The first-order chi connectivity index (χ1) is 6.24. The molecule has 0 saturated carbocycles. The summed E-state index contributed by atoms with van der Waals surface area (Å²) in [6, 6.07) is 3.99. The molecular formula is C10H12N2O. The molecule has 0 amide bonds. The van der Waals surface area contributed by atoms with E-state index in [2.05, 4.69) is 5.10 Å². The molecule has 0 fully saturated rings. The third-order valence-corrected chi connectivity index (χ3v) is 2.29. The van der Waals surface area contributed by atoms with Gasteiger partial charge in [-0.25, -0.2) is 4.52 Å². The van der Waals surface area contributed by atoms with Crippen molar-refractivity contribution >= 4 is 5.52 Å². The zero-order chi connectivity index (χ0) is 9.42. The highest BCUT2D eigenvalue weighted by atomic mass is 16.5. The largest absolute Gasteiger partial charge is 0.496 e. The van der Waals surface area contributed by atoms with Crippen LogP contribution >= 0.6 is 0 Å². The van der Waals surface area contributed by atoms with Crippen LogP contribution in [0.3, 0.4) is 0 Å². The molecule has 0 unspecified atom stereocenters. The van der Waals surface area contributed by atoms with Crippen molar-refractivity contribution in [1.82, 2.24) is 9.61 Å². The van der Waals surface area contributed by atoms with Crippen LogP contribution in [0.4, 0.5) is 0 Å². The summed E-state index contributed by atoms with van der Waals surface area (Å²) in [5.41, 5.74) is 3.32. The fourth-order valence-corrected chi connectivity index (χ4v) is 1.57. The van der Waals surface area contributed by atoms with Crippen LogP contribution in [0.1, 0.15) is 11.3 Å². The summed E-state index contributed by atoms with van der Waals surface area (Å²) < 4.78 is 7.18. The first kappa shape index (κ1) is 8.10. The fourth-order valence-electron chi connectivity index (χ4n) is 1.57. The van der Waals surface area contributed by atoms with Crippen LogP contribution in [0.15, 0.2) is 18.3 Å². The first-order valence-electron chi connectivity index (χ1n) is 4.22. The van der Waals surface area contributed by atoms with Gasteiger partial charge in [-0.05, 0) is 19.9 Å². The molecule has 2 rings (SSSR count). The molecular weight excluding hydrogens is 164 g/mol. The summed E-state index contributed by atoms with van der Waals surface area (Å²) in [6.45, 7) is 4.05. The summed E-state index contributed by atoms with van der Waals surface area (Å²) >= 11 is 0. The lowest BCUT2D eigenvalue weighted by atomic mass is 10.2. The number of hydrogen-bond acceptors (Lipinski definition) is 2. The van der Waals surface area contributed by atoms with E-state index in [0.717, 1.165) is 22.5 Å². The highest BCUT2D eigenvalue weighted by Gasteiger charge is 2.06. The molecule has 3 nitrogen and oxygen atoms in total. The maximum Gasteiger partial charge on any atom is 0.125 e. The monoisotopic (exact) mass is 176 g/mol. The van der Waals surface area contributed by atoms with E-state index in [4.69, 9.17) is 4.74 Å². The zero-order valence-electron chi connectivity index (χ0n) is 8.03. The van der Waals surface area contributed by atoms with E-state index in [1.54, 1.807) is 13.3 Å². The lowest BCUT2D eigenvalue weighted by molar-refractivity contribution is 0.411. The Morgan fingerprint density at radius 2 is 2.15 bits per heavy atom. The molecule has 68 valence electrons. The van der Waals surface area contributed by atoms with Gasteiger partial charge >= 0.3 is 0 Å². The molecule has 0 bridgehead atoms. The average Bonchev–Trinajstić information content (AvgIpc) is 2.60. The molecule has 0 aliphatic rings. The Morgan fingerprint density at radius 3 is 2.85 bits per heavy atom. The second-order valence-corrected chi connectivity index (χ2v) is 3.11. The second-order valence-electron chi connectivity index (χ2n) is 3.11. The van der Waals surface area contributed by atoms with Crippen molar-refractivity contribution in [3.05, 3.63) is 29.6 Å². The Morgan fingerprint density at radius 1 is 1.38 bits per heavy atom. The predicted octanol–water partition coefficient (Wildman–Crippen LogP) is 1.96. The number of pyridine rings is 1. The molecule has 0 aliphatic carbocycles. The molecule has 2 aromatic heterocycles. The molecule has 13 heavy (non-hydrogen) atoms. The van der Waals surface area contributed by atoms with Crippen molar-refractivity contribution in [2.45, 2.75) is 13.8 Å². The smallest absolute Gasteiger partial charge is 0.125 e. The number of nitrogens with zero attached hydrogens (tertiary/aromatic N) is 2. The molecule has 0 atom stereocenters. The van der Waals surface area contributed by atoms with E-state index >= 15 is 0 Å². The average molecular weight is 176 g/mol. The molecule has 2 aromatic rings. The van der Waals surface area contributed by atoms with Gasteiger partial charge in [-0.2, -0.15) is 5.10 Å². The van der Waals surface area contributed by atoms with Gasteiger partial charge in [-0.1, -0.05) is 0 Å². The Kier molecular flexibility index (Phi) is 1.72. The number of hydrogen-bond donors (Lipinski definition) is 0. The van der Waals surface area contributed by atoms with Gasteiger partial charge in [0.15, 0.2) is 0 Å². The second kappa shape index (κ2) is 2.76. The third kappa shape index (κ3) is 1.08. The molecule has 0 spiro atoms. The van der Waals surface area contributed by atoms with Gasteiger partial charge < -0.3 is 4.74 Å². The SMILES string of the molecule is COc1cc(C)n2nccc2c1C. The summed E-state index contributed by atoms with van der Waals surface area (Å²) in [5, 5.41) is 4.22. The van der Waals surface area contributed by atoms with Gasteiger partial charge in [0.1, 0.15) is 5.75 Å². The van der Waals surface area contributed by atoms with Crippen LogP contribution in [0.2, 0.25) is 0 Å². The quantitative estimate of drug-likeness (QED) is 0.664. The number of methoxy groups -OCH3 is 1. The Balaban J connectivity index is 2.85. The minimum Gasteiger partial charge on any atom is -0.496 e. The van der Waals surface area contributed by atoms with Gasteiger partial charge in [0.2, 0.25) is 0 Å². The number of aryl methyl sites for hydroxylation is 2. The van der Waals surface area contributed by atoms with E-state index < -0.39 is 0 Å². The van der Waals surface area contributed by atoms with E-state index in [1.807, 2.05) is 30.5 Å². The predicted molar refractivity (Wildman–Crippen MR) is 51.2 cm³/mol. The number of fused-ring (bicyclic) bond motifs is 1. The van der Waals surface area contributed by atoms with E-state index in [1.165, 1.54) is 0 Å². The Labute approximate surface area is 76.9 Å². The number of aromatic nitrogens is 2.